The number of rotatable bonds is 7. The molecule has 140 valence electrons. The molecule has 1 aliphatic rings. The van der Waals surface area contributed by atoms with Gasteiger partial charge in [0.05, 0.1) is 10.6 Å². The number of carbonyl (C=O) groups excluding carboxylic acids is 2. The number of nitrogens with zero attached hydrogens (tertiary/aromatic N) is 2. The van der Waals surface area contributed by atoms with Crippen molar-refractivity contribution in [2.24, 2.45) is 5.92 Å². The van der Waals surface area contributed by atoms with E-state index in [0.717, 1.165) is 31.2 Å². The van der Waals surface area contributed by atoms with Crippen molar-refractivity contribution in [1.82, 2.24) is 15.2 Å². The second kappa shape index (κ2) is 9.25. The molecule has 0 spiro atoms. The molecule has 0 bridgehead atoms. The Kier molecular flexibility index (Phi) is 6.76. The van der Waals surface area contributed by atoms with Gasteiger partial charge in [0.15, 0.2) is 5.13 Å². The van der Waals surface area contributed by atoms with E-state index in [1.165, 1.54) is 35.5 Å². The number of carbonyl (C=O) groups is 2. The monoisotopic (exact) mass is 392 g/mol. The second-order valence-electron chi connectivity index (χ2n) is 6.66. The summed E-state index contributed by atoms with van der Waals surface area (Å²) < 4.78 is 0. The van der Waals surface area contributed by atoms with Crippen LogP contribution >= 0.6 is 22.7 Å². The topological polar surface area (TPSA) is 74.3 Å². The number of likely N-dealkylation sites (tertiary alicyclic amines) is 1. The maximum atomic E-state index is 12.0. The van der Waals surface area contributed by atoms with Gasteiger partial charge in [-0.1, -0.05) is 13.0 Å². The molecule has 2 aromatic rings. The lowest BCUT2D eigenvalue weighted by atomic mass is 10.0. The van der Waals surface area contributed by atoms with Crippen molar-refractivity contribution in [3.8, 4) is 0 Å². The summed E-state index contributed by atoms with van der Waals surface area (Å²) in [7, 11) is 0. The first-order valence-corrected chi connectivity index (χ1v) is 10.6. The van der Waals surface area contributed by atoms with Crippen molar-refractivity contribution < 1.29 is 9.59 Å². The molecule has 0 aromatic carbocycles. The van der Waals surface area contributed by atoms with Crippen molar-refractivity contribution in [1.29, 1.82) is 0 Å². The zero-order chi connectivity index (χ0) is 18.4. The van der Waals surface area contributed by atoms with Gasteiger partial charge < -0.3 is 10.6 Å². The smallest absolute Gasteiger partial charge is 0.261 e. The lowest BCUT2D eigenvalue weighted by Gasteiger charge is -2.30. The fourth-order valence-electron chi connectivity index (χ4n) is 3.06. The molecule has 3 heterocycles. The number of thiophene rings is 1. The third-order valence-electron chi connectivity index (χ3n) is 4.31. The molecule has 0 unspecified atom stereocenters. The summed E-state index contributed by atoms with van der Waals surface area (Å²) in [5, 5.41) is 10.1. The minimum atomic E-state index is -0.139. The van der Waals surface area contributed by atoms with E-state index < -0.39 is 0 Å². The van der Waals surface area contributed by atoms with Gasteiger partial charge in [-0.3, -0.25) is 14.5 Å². The molecule has 2 aromatic heterocycles. The van der Waals surface area contributed by atoms with E-state index in [9.17, 15) is 9.59 Å². The van der Waals surface area contributed by atoms with Crippen LogP contribution in [0.3, 0.4) is 0 Å². The van der Waals surface area contributed by atoms with Crippen LogP contribution in [-0.2, 0) is 11.3 Å². The Morgan fingerprint density at radius 1 is 1.38 bits per heavy atom. The number of aromatic nitrogens is 1. The molecule has 1 aliphatic heterocycles. The van der Waals surface area contributed by atoms with Crippen LogP contribution in [0.4, 0.5) is 5.13 Å². The molecule has 26 heavy (non-hydrogen) atoms. The van der Waals surface area contributed by atoms with Gasteiger partial charge in [0.1, 0.15) is 0 Å². The van der Waals surface area contributed by atoms with Gasteiger partial charge in [0.25, 0.3) is 5.91 Å². The van der Waals surface area contributed by atoms with Crippen molar-refractivity contribution in [2.75, 3.05) is 25.0 Å². The van der Waals surface area contributed by atoms with Crippen molar-refractivity contribution in [3.63, 3.8) is 0 Å². The van der Waals surface area contributed by atoms with Crippen LogP contribution in [0, 0.1) is 5.92 Å². The summed E-state index contributed by atoms with van der Waals surface area (Å²) >= 11 is 2.83. The fraction of sp³-hybridized carbons (Fsp3) is 0.500. The lowest BCUT2D eigenvalue weighted by Crippen LogP contribution is -2.33. The number of piperidine rings is 1. The van der Waals surface area contributed by atoms with E-state index in [1.54, 1.807) is 6.07 Å². The van der Waals surface area contributed by atoms with Crippen LogP contribution in [-0.4, -0.2) is 41.3 Å². The Morgan fingerprint density at radius 2 is 2.27 bits per heavy atom. The number of thiazole rings is 1. The number of anilines is 1. The largest absolute Gasteiger partial charge is 0.351 e. The van der Waals surface area contributed by atoms with Crippen LogP contribution in [0.5, 0.6) is 0 Å². The van der Waals surface area contributed by atoms with Gasteiger partial charge in [0.2, 0.25) is 5.91 Å². The summed E-state index contributed by atoms with van der Waals surface area (Å²) in [5.41, 5.74) is 1.00. The average Bonchev–Trinajstić information content (AvgIpc) is 3.27. The van der Waals surface area contributed by atoms with E-state index in [4.69, 9.17) is 0 Å². The van der Waals surface area contributed by atoms with Crippen LogP contribution in [0.25, 0.3) is 0 Å². The Bertz CT molecular complexity index is 729. The number of amides is 2. The van der Waals surface area contributed by atoms with Gasteiger partial charge in [-0.25, -0.2) is 4.98 Å². The predicted molar refractivity (Wildman–Crippen MR) is 106 cm³/mol. The van der Waals surface area contributed by atoms with Crippen molar-refractivity contribution in [2.45, 2.75) is 32.7 Å². The van der Waals surface area contributed by atoms with Gasteiger partial charge in [0, 0.05) is 31.4 Å². The van der Waals surface area contributed by atoms with Crippen LogP contribution in [0.2, 0.25) is 0 Å². The van der Waals surface area contributed by atoms with Gasteiger partial charge >= 0.3 is 0 Å². The third kappa shape index (κ3) is 5.62. The first-order chi connectivity index (χ1) is 12.6. The highest BCUT2D eigenvalue weighted by Gasteiger charge is 2.17. The number of nitrogens with one attached hydrogen (secondary N) is 2. The van der Waals surface area contributed by atoms with E-state index in [1.807, 2.05) is 16.8 Å². The second-order valence-corrected chi connectivity index (χ2v) is 8.46. The highest BCUT2D eigenvalue weighted by atomic mass is 32.1. The maximum absolute atomic E-state index is 12.0. The van der Waals surface area contributed by atoms with Crippen molar-refractivity contribution in [3.05, 3.63) is 33.5 Å². The summed E-state index contributed by atoms with van der Waals surface area (Å²) in [6.07, 6.45) is 2.78. The van der Waals surface area contributed by atoms with E-state index in [0.29, 0.717) is 16.6 Å². The third-order valence-corrected chi connectivity index (χ3v) is 5.98. The zero-order valence-electron chi connectivity index (χ0n) is 14.9. The Balaban J connectivity index is 1.39. The molecule has 0 radical (unpaired) electrons. The minimum Gasteiger partial charge on any atom is -0.351 e. The molecular formula is C18H24N4O2S2. The molecule has 1 saturated heterocycles. The normalized spacial score (nSPS) is 17.8. The molecule has 2 N–H and O–H groups in total. The highest BCUT2D eigenvalue weighted by Crippen LogP contribution is 2.21. The average molecular weight is 393 g/mol. The number of hydrogen-bond acceptors (Lipinski definition) is 6. The quantitative estimate of drug-likeness (QED) is 0.759. The zero-order valence-corrected chi connectivity index (χ0v) is 16.5. The van der Waals surface area contributed by atoms with Crippen molar-refractivity contribution >= 4 is 39.6 Å². The lowest BCUT2D eigenvalue weighted by molar-refractivity contribution is -0.116. The summed E-state index contributed by atoms with van der Waals surface area (Å²) in [6, 6.07) is 3.59. The number of hydrogen-bond donors (Lipinski definition) is 2. The van der Waals surface area contributed by atoms with Crippen LogP contribution in [0.15, 0.2) is 22.9 Å². The van der Waals surface area contributed by atoms with Gasteiger partial charge in [-0.05, 0) is 36.8 Å². The van der Waals surface area contributed by atoms with Crippen LogP contribution < -0.4 is 10.6 Å². The van der Waals surface area contributed by atoms with Gasteiger partial charge in [-0.15, -0.1) is 22.7 Å². The van der Waals surface area contributed by atoms with Crippen LogP contribution in [0.1, 0.15) is 41.6 Å². The fourth-order valence-corrected chi connectivity index (χ4v) is 4.42. The Labute approximate surface area is 161 Å². The molecule has 6 nitrogen and oxygen atoms in total. The molecule has 1 atom stereocenters. The molecule has 8 heteroatoms. The molecule has 0 saturated carbocycles. The SMILES string of the molecule is C[C@@H]1CCCN(Cc2csc(NC(=O)CCNC(=O)c3cccs3)n2)C1. The van der Waals surface area contributed by atoms with E-state index in [2.05, 4.69) is 27.4 Å². The maximum Gasteiger partial charge on any atom is 0.261 e. The standard InChI is InChI=1S/C18H24N4O2S2/c1-13-4-2-8-22(10-13)11-14-12-26-18(20-14)21-16(23)6-7-19-17(24)15-5-3-9-25-15/h3,5,9,12-13H,2,4,6-8,10-11H2,1H3,(H,19,24)(H,20,21,23)/t13-/m1/s1. The summed E-state index contributed by atoms with van der Waals surface area (Å²) in [4.78, 5) is 31.4. The van der Waals surface area contributed by atoms with E-state index >= 15 is 0 Å². The minimum absolute atomic E-state index is 0.135. The molecule has 0 aliphatic carbocycles. The Hall–Kier alpha value is -1.77. The molecule has 3 rings (SSSR count). The highest BCUT2D eigenvalue weighted by molar-refractivity contribution is 7.14. The Morgan fingerprint density at radius 3 is 3.04 bits per heavy atom. The first kappa shape index (κ1) is 19.0. The summed E-state index contributed by atoms with van der Waals surface area (Å²) in [6.45, 7) is 5.67. The summed E-state index contributed by atoms with van der Waals surface area (Å²) in [5.74, 6) is 0.468. The van der Waals surface area contributed by atoms with Gasteiger partial charge in [-0.2, -0.15) is 0 Å². The molecular weight excluding hydrogens is 368 g/mol. The predicted octanol–water partition coefficient (Wildman–Crippen LogP) is 3.20. The molecule has 2 amide bonds. The molecule has 1 fully saturated rings. The first-order valence-electron chi connectivity index (χ1n) is 8.88. The van der Waals surface area contributed by atoms with E-state index in [-0.39, 0.29) is 18.2 Å².